The summed E-state index contributed by atoms with van der Waals surface area (Å²) >= 11 is 0. The Hall–Kier alpha value is -1.35. The third-order valence-electron chi connectivity index (χ3n) is 3.51. The van der Waals surface area contributed by atoms with Crippen molar-refractivity contribution in [3.05, 3.63) is 35.4 Å². The average Bonchev–Trinajstić information content (AvgIpc) is 2.89. The van der Waals surface area contributed by atoms with Crippen molar-refractivity contribution in [3.8, 4) is 0 Å². The molecule has 0 radical (unpaired) electrons. The average molecular weight is 261 g/mol. The van der Waals surface area contributed by atoms with Crippen molar-refractivity contribution < 1.29 is 9.53 Å². The van der Waals surface area contributed by atoms with Crippen molar-refractivity contribution >= 4 is 5.91 Å². The summed E-state index contributed by atoms with van der Waals surface area (Å²) < 4.78 is 5.35. The standard InChI is InChI=1S/C16H23NO2/c1-16(2,3)13-8-6-12(7-9-13)11-17-15(18)14-5-4-10-19-14/h6-9,14H,4-5,10-11H2,1-3H3,(H,17,18). The number of amides is 1. The van der Waals surface area contributed by atoms with E-state index < -0.39 is 0 Å². The molecular weight excluding hydrogens is 238 g/mol. The van der Waals surface area contributed by atoms with Crippen LogP contribution in [0, 0.1) is 0 Å². The van der Waals surface area contributed by atoms with Crippen molar-refractivity contribution in [3.63, 3.8) is 0 Å². The molecule has 104 valence electrons. The van der Waals surface area contributed by atoms with Crippen LogP contribution in [0.2, 0.25) is 0 Å². The van der Waals surface area contributed by atoms with Crippen molar-refractivity contribution in [1.82, 2.24) is 5.32 Å². The molecule has 0 aromatic heterocycles. The van der Waals surface area contributed by atoms with Gasteiger partial charge in [-0.05, 0) is 29.4 Å². The first-order valence-corrected chi connectivity index (χ1v) is 6.95. The largest absolute Gasteiger partial charge is 0.368 e. The highest BCUT2D eigenvalue weighted by atomic mass is 16.5. The zero-order valence-corrected chi connectivity index (χ0v) is 12.0. The normalized spacial score (nSPS) is 19.4. The minimum Gasteiger partial charge on any atom is -0.368 e. The van der Waals surface area contributed by atoms with E-state index in [4.69, 9.17) is 4.74 Å². The highest BCUT2D eigenvalue weighted by molar-refractivity contribution is 5.80. The lowest BCUT2D eigenvalue weighted by Crippen LogP contribution is -2.33. The molecule has 1 heterocycles. The molecule has 1 unspecified atom stereocenters. The van der Waals surface area contributed by atoms with Crippen LogP contribution in [0.1, 0.15) is 44.7 Å². The predicted molar refractivity (Wildman–Crippen MR) is 76.0 cm³/mol. The van der Waals surface area contributed by atoms with Crippen molar-refractivity contribution in [1.29, 1.82) is 0 Å². The molecule has 0 spiro atoms. The monoisotopic (exact) mass is 261 g/mol. The summed E-state index contributed by atoms with van der Waals surface area (Å²) in [5.74, 6) is 0.0115. The molecule has 1 fully saturated rings. The summed E-state index contributed by atoms with van der Waals surface area (Å²) in [5.41, 5.74) is 2.60. The lowest BCUT2D eigenvalue weighted by molar-refractivity contribution is -0.130. The molecule has 0 aliphatic carbocycles. The van der Waals surface area contributed by atoms with Gasteiger partial charge in [0.05, 0.1) is 0 Å². The van der Waals surface area contributed by atoms with E-state index in [1.807, 2.05) is 0 Å². The maximum absolute atomic E-state index is 11.8. The van der Waals surface area contributed by atoms with Gasteiger partial charge in [0.15, 0.2) is 0 Å². The summed E-state index contributed by atoms with van der Waals surface area (Å²) in [4.78, 5) is 11.8. The van der Waals surface area contributed by atoms with Crippen LogP contribution in [-0.2, 0) is 21.5 Å². The van der Waals surface area contributed by atoms with E-state index in [2.05, 4.69) is 50.4 Å². The molecule has 3 heteroatoms. The van der Waals surface area contributed by atoms with E-state index in [1.54, 1.807) is 0 Å². The summed E-state index contributed by atoms with van der Waals surface area (Å²) in [6.07, 6.45) is 1.58. The number of rotatable bonds is 3. The van der Waals surface area contributed by atoms with Crippen molar-refractivity contribution in [2.45, 2.75) is 51.7 Å². The number of nitrogens with one attached hydrogen (secondary N) is 1. The van der Waals surface area contributed by atoms with Gasteiger partial charge in [-0.1, -0.05) is 45.0 Å². The second-order valence-corrected chi connectivity index (χ2v) is 6.17. The first kappa shape index (κ1) is 14.1. The molecule has 1 aromatic rings. The number of carbonyl (C=O) groups is 1. The van der Waals surface area contributed by atoms with Crippen LogP contribution < -0.4 is 5.32 Å². The maximum Gasteiger partial charge on any atom is 0.249 e. The van der Waals surface area contributed by atoms with Gasteiger partial charge >= 0.3 is 0 Å². The molecule has 1 aliphatic heterocycles. The molecule has 1 amide bonds. The molecule has 1 aliphatic rings. The van der Waals surface area contributed by atoms with Crippen LogP contribution in [0.15, 0.2) is 24.3 Å². The quantitative estimate of drug-likeness (QED) is 0.908. The van der Waals surface area contributed by atoms with Gasteiger partial charge in [-0.2, -0.15) is 0 Å². The van der Waals surface area contributed by atoms with Gasteiger partial charge in [0, 0.05) is 13.2 Å². The zero-order chi connectivity index (χ0) is 13.9. The first-order chi connectivity index (χ1) is 8.97. The number of ether oxygens (including phenoxy) is 1. The van der Waals surface area contributed by atoms with Crippen molar-refractivity contribution in [2.75, 3.05) is 6.61 Å². The Morgan fingerprint density at radius 3 is 2.53 bits per heavy atom. The number of carbonyl (C=O) groups excluding carboxylic acids is 1. The third-order valence-corrected chi connectivity index (χ3v) is 3.51. The van der Waals surface area contributed by atoms with Crippen LogP contribution >= 0.6 is 0 Å². The Morgan fingerprint density at radius 2 is 2.00 bits per heavy atom. The molecular formula is C16H23NO2. The molecule has 1 aromatic carbocycles. The fourth-order valence-corrected chi connectivity index (χ4v) is 2.21. The minimum atomic E-state index is -0.242. The van der Waals surface area contributed by atoms with Crippen LogP contribution in [-0.4, -0.2) is 18.6 Å². The van der Waals surface area contributed by atoms with E-state index in [1.165, 1.54) is 5.56 Å². The Kier molecular flexibility index (Phi) is 4.25. The van der Waals surface area contributed by atoms with Crippen LogP contribution in [0.5, 0.6) is 0 Å². The van der Waals surface area contributed by atoms with Gasteiger partial charge in [0.25, 0.3) is 0 Å². The van der Waals surface area contributed by atoms with Gasteiger partial charge < -0.3 is 10.1 Å². The van der Waals surface area contributed by atoms with E-state index in [0.717, 1.165) is 18.4 Å². The third kappa shape index (κ3) is 3.80. The molecule has 19 heavy (non-hydrogen) atoms. The Morgan fingerprint density at radius 1 is 1.32 bits per heavy atom. The van der Waals surface area contributed by atoms with E-state index in [9.17, 15) is 4.79 Å². The Labute approximate surface area is 115 Å². The smallest absolute Gasteiger partial charge is 0.249 e. The van der Waals surface area contributed by atoms with Gasteiger partial charge in [-0.3, -0.25) is 4.79 Å². The van der Waals surface area contributed by atoms with Gasteiger partial charge in [0.2, 0.25) is 5.91 Å². The molecule has 1 atom stereocenters. The van der Waals surface area contributed by atoms with Crippen LogP contribution in [0.4, 0.5) is 0 Å². The Bertz CT molecular complexity index is 425. The zero-order valence-electron chi connectivity index (χ0n) is 12.0. The molecule has 0 bridgehead atoms. The van der Waals surface area contributed by atoms with E-state index in [0.29, 0.717) is 13.2 Å². The fourth-order valence-electron chi connectivity index (χ4n) is 2.21. The lowest BCUT2D eigenvalue weighted by atomic mass is 9.87. The Balaban J connectivity index is 1.87. The maximum atomic E-state index is 11.8. The summed E-state index contributed by atoms with van der Waals surface area (Å²) in [6.45, 7) is 7.87. The summed E-state index contributed by atoms with van der Waals surface area (Å²) in [6, 6.07) is 8.42. The number of hydrogen-bond acceptors (Lipinski definition) is 2. The molecule has 0 saturated carbocycles. The van der Waals surface area contributed by atoms with Gasteiger partial charge in [-0.15, -0.1) is 0 Å². The number of hydrogen-bond donors (Lipinski definition) is 1. The second-order valence-electron chi connectivity index (χ2n) is 6.17. The lowest BCUT2D eigenvalue weighted by Gasteiger charge is -2.19. The van der Waals surface area contributed by atoms with Crippen LogP contribution in [0.25, 0.3) is 0 Å². The molecule has 1 saturated heterocycles. The minimum absolute atomic E-state index is 0.0115. The van der Waals surface area contributed by atoms with E-state index in [-0.39, 0.29) is 17.4 Å². The SMILES string of the molecule is CC(C)(C)c1ccc(CNC(=O)C2CCCO2)cc1. The molecule has 1 N–H and O–H groups in total. The second kappa shape index (κ2) is 5.74. The topological polar surface area (TPSA) is 38.3 Å². The fraction of sp³-hybridized carbons (Fsp3) is 0.562. The number of benzene rings is 1. The molecule has 2 rings (SSSR count). The summed E-state index contributed by atoms with van der Waals surface area (Å²) in [7, 11) is 0. The summed E-state index contributed by atoms with van der Waals surface area (Å²) in [5, 5.41) is 2.94. The highest BCUT2D eigenvalue weighted by Crippen LogP contribution is 2.22. The van der Waals surface area contributed by atoms with Crippen LogP contribution in [0.3, 0.4) is 0 Å². The first-order valence-electron chi connectivity index (χ1n) is 6.95. The van der Waals surface area contributed by atoms with Gasteiger partial charge in [0.1, 0.15) is 6.10 Å². The predicted octanol–water partition coefficient (Wildman–Crippen LogP) is 2.78. The van der Waals surface area contributed by atoms with Gasteiger partial charge in [-0.25, -0.2) is 0 Å². The van der Waals surface area contributed by atoms with Crippen molar-refractivity contribution in [2.24, 2.45) is 0 Å². The van der Waals surface area contributed by atoms with E-state index >= 15 is 0 Å². The molecule has 3 nitrogen and oxygen atoms in total. The highest BCUT2D eigenvalue weighted by Gasteiger charge is 2.23.